The van der Waals surface area contributed by atoms with Crippen LogP contribution in [-0.4, -0.2) is 85.8 Å². The number of aromatic nitrogens is 2. The van der Waals surface area contributed by atoms with Gasteiger partial charge in [-0.3, -0.25) is 9.69 Å². The molecule has 1 aliphatic rings. The number of ether oxygens (including phenoxy) is 3. The van der Waals surface area contributed by atoms with E-state index in [2.05, 4.69) is 15.3 Å². The highest BCUT2D eigenvalue weighted by Gasteiger charge is 2.37. The summed E-state index contributed by atoms with van der Waals surface area (Å²) in [6.45, 7) is 1.57. The summed E-state index contributed by atoms with van der Waals surface area (Å²) in [5, 5.41) is 3.62. The number of likely N-dealkylation sites (tertiary alicyclic amines) is 1. The summed E-state index contributed by atoms with van der Waals surface area (Å²) in [5.74, 6) is 0.819. The van der Waals surface area contributed by atoms with Crippen LogP contribution in [0.5, 0.6) is 11.5 Å². The van der Waals surface area contributed by atoms with Crippen molar-refractivity contribution in [1.82, 2.24) is 19.8 Å². The first-order valence-corrected chi connectivity index (χ1v) is 11.8. The number of methoxy groups -OCH3 is 2. The lowest BCUT2D eigenvalue weighted by Crippen LogP contribution is -2.43. The maximum atomic E-state index is 14.5. The van der Waals surface area contributed by atoms with Crippen LogP contribution in [0.25, 0.3) is 10.9 Å². The minimum absolute atomic E-state index is 0.00590. The standard InChI is InChI=1S/C25H29ClFN5O4/c1-31(8-9-34-3)25(33)20-10-15(13-32(20)2)36-22-11-16-19(12-21(22)35-4)28-14-29-24(16)30-18-7-5-6-17(26)23(18)27/h5-7,11-12,14-15,20H,8-10,13H2,1-4H3,(H,28,29,30)/t15-,20+/m0/s1. The molecule has 2 aromatic carbocycles. The van der Waals surface area contributed by atoms with Gasteiger partial charge in [0.05, 0.1) is 36.0 Å². The van der Waals surface area contributed by atoms with Gasteiger partial charge in [-0.1, -0.05) is 17.7 Å². The van der Waals surface area contributed by atoms with Gasteiger partial charge in [0.1, 0.15) is 18.2 Å². The summed E-state index contributed by atoms with van der Waals surface area (Å²) in [4.78, 5) is 25.2. The molecule has 11 heteroatoms. The second-order valence-corrected chi connectivity index (χ2v) is 9.06. The van der Waals surface area contributed by atoms with Gasteiger partial charge < -0.3 is 24.4 Å². The van der Waals surface area contributed by atoms with Crippen molar-refractivity contribution in [1.29, 1.82) is 0 Å². The zero-order chi connectivity index (χ0) is 25.8. The summed E-state index contributed by atoms with van der Waals surface area (Å²) in [6, 6.07) is 7.91. The van der Waals surface area contributed by atoms with Crippen molar-refractivity contribution < 1.29 is 23.4 Å². The number of halogens is 2. The van der Waals surface area contributed by atoms with E-state index in [-0.39, 0.29) is 28.8 Å². The number of nitrogens with zero attached hydrogens (tertiary/aromatic N) is 4. The second kappa shape index (κ2) is 11.2. The molecule has 0 aliphatic carbocycles. The number of rotatable bonds is 9. The molecular weight excluding hydrogens is 489 g/mol. The highest BCUT2D eigenvalue weighted by molar-refractivity contribution is 6.31. The molecule has 0 radical (unpaired) electrons. The van der Waals surface area contributed by atoms with E-state index in [0.29, 0.717) is 54.3 Å². The van der Waals surface area contributed by atoms with E-state index in [4.69, 9.17) is 25.8 Å². The Bertz CT molecular complexity index is 1250. The summed E-state index contributed by atoms with van der Waals surface area (Å²) in [5.41, 5.74) is 0.785. The fourth-order valence-electron chi connectivity index (χ4n) is 4.24. The summed E-state index contributed by atoms with van der Waals surface area (Å²) >= 11 is 5.93. The van der Waals surface area contributed by atoms with E-state index in [9.17, 15) is 9.18 Å². The van der Waals surface area contributed by atoms with E-state index in [0.717, 1.165) is 0 Å². The number of fused-ring (bicyclic) bond motifs is 1. The van der Waals surface area contributed by atoms with Crippen molar-refractivity contribution in [2.75, 3.05) is 53.3 Å². The predicted octanol–water partition coefficient (Wildman–Crippen LogP) is 3.73. The van der Waals surface area contributed by atoms with Crippen molar-refractivity contribution in [2.24, 2.45) is 0 Å². The molecule has 2 heterocycles. The molecular formula is C25H29ClFN5O4. The normalized spacial score (nSPS) is 17.8. The van der Waals surface area contributed by atoms with Gasteiger partial charge in [-0.25, -0.2) is 14.4 Å². The topological polar surface area (TPSA) is 89.0 Å². The molecule has 0 bridgehead atoms. The first kappa shape index (κ1) is 25.9. The second-order valence-electron chi connectivity index (χ2n) is 8.65. The van der Waals surface area contributed by atoms with Crippen LogP contribution < -0.4 is 14.8 Å². The third-order valence-corrected chi connectivity index (χ3v) is 6.51. The van der Waals surface area contributed by atoms with Gasteiger partial charge in [0.2, 0.25) is 5.91 Å². The van der Waals surface area contributed by atoms with E-state index in [1.54, 1.807) is 50.4 Å². The Morgan fingerprint density at radius 3 is 2.83 bits per heavy atom. The van der Waals surface area contributed by atoms with Gasteiger partial charge in [-0.15, -0.1) is 0 Å². The molecule has 192 valence electrons. The number of carbonyl (C=O) groups excluding carboxylic acids is 1. The SMILES string of the molecule is COCCN(C)C(=O)[C@H]1C[C@H](Oc2cc3c(Nc4cccc(Cl)c4F)ncnc3cc2OC)CN1C. The first-order valence-electron chi connectivity index (χ1n) is 11.5. The molecule has 4 rings (SSSR count). The maximum absolute atomic E-state index is 14.5. The predicted molar refractivity (Wildman–Crippen MR) is 136 cm³/mol. The number of likely N-dealkylation sites (N-methyl/N-ethyl adjacent to an activating group) is 2. The fourth-order valence-corrected chi connectivity index (χ4v) is 4.42. The van der Waals surface area contributed by atoms with Crippen LogP contribution in [0, 0.1) is 5.82 Å². The maximum Gasteiger partial charge on any atom is 0.239 e. The minimum Gasteiger partial charge on any atom is -0.493 e. The molecule has 1 aromatic heterocycles. The van der Waals surface area contributed by atoms with Gasteiger partial charge in [-0.2, -0.15) is 0 Å². The monoisotopic (exact) mass is 517 g/mol. The van der Waals surface area contributed by atoms with Crippen LogP contribution in [0.3, 0.4) is 0 Å². The van der Waals surface area contributed by atoms with Gasteiger partial charge >= 0.3 is 0 Å². The minimum atomic E-state index is -0.573. The van der Waals surface area contributed by atoms with Crippen molar-refractivity contribution >= 4 is 39.9 Å². The Kier molecular flexibility index (Phi) is 8.07. The van der Waals surface area contributed by atoms with Gasteiger partial charge in [0, 0.05) is 45.1 Å². The summed E-state index contributed by atoms with van der Waals surface area (Å²) < 4.78 is 31.5. The zero-order valence-corrected chi connectivity index (χ0v) is 21.4. The lowest BCUT2D eigenvalue weighted by atomic mass is 10.1. The van der Waals surface area contributed by atoms with Crippen molar-refractivity contribution in [3.8, 4) is 11.5 Å². The van der Waals surface area contributed by atoms with E-state index >= 15 is 0 Å². The number of amides is 1. The van der Waals surface area contributed by atoms with Crippen molar-refractivity contribution in [3.05, 3.63) is 47.5 Å². The number of anilines is 2. The van der Waals surface area contributed by atoms with E-state index in [1.807, 2.05) is 11.9 Å². The summed E-state index contributed by atoms with van der Waals surface area (Å²) in [6.07, 6.45) is 1.67. The Morgan fingerprint density at radius 1 is 1.28 bits per heavy atom. The van der Waals surface area contributed by atoms with Crippen LogP contribution in [0.4, 0.5) is 15.9 Å². The van der Waals surface area contributed by atoms with E-state index < -0.39 is 5.82 Å². The molecule has 2 atom stereocenters. The average Bonchev–Trinajstić information content (AvgIpc) is 3.24. The van der Waals surface area contributed by atoms with Crippen molar-refractivity contribution in [2.45, 2.75) is 18.6 Å². The third-order valence-electron chi connectivity index (χ3n) is 6.22. The molecule has 1 saturated heterocycles. The number of nitrogens with one attached hydrogen (secondary N) is 1. The molecule has 36 heavy (non-hydrogen) atoms. The Balaban J connectivity index is 1.58. The molecule has 1 aliphatic heterocycles. The highest BCUT2D eigenvalue weighted by atomic mass is 35.5. The Hall–Kier alpha value is -3.21. The largest absolute Gasteiger partial charge is 0.493 e. The molecule has 1 N–H and O–H groups in total. The van der Waals surface area contributed by atoms with Crippen LogP contribution in [-0.2, 0) is 9.53 Å². The highest BCUT2D eigenvalue weighted by Crippen LogP contribution is 2.37. The molecule has 0 unspecified atom stereocenters. The van der Waals surface area contributed by atoms with Gasteiger partial charge in [0.15, 0.2) is 17.3 Å². The van der Waals surface area contributed by atoms with Crippen LogP contribution in [0.15, 0.2) is 36.7 Å². The van der Waals surface area contributed by atoms with E-state index in [1.165, 1.54) is 12.4 Å². The fraction of sp³-hybridized carbons (Fsp3) is 0.400. The first-order chi connectivity index (χ1) is 17.3. The lowest BCUT2D eigenvalue weighted by Gasteiger charge is -2.24. The Labute approximate surface area is 214 Å². The van der Waals surface area contributed by atoms with Crippen LogP contribution in [0.2, 0.25) is 5.02 Å². The molecule has 0 spiro atoms. The zero-order valence-electron chi connectivity index (χ0n) is 20.6. The number of carbonyl (C=O) groups is 1. The smallest absolute Gasteiger partial charge is 0.239 e. The van der Waals surface area contributed by atoms with Gasteiger partial charge in [-0.05, 0) is 25.2 Å². The number of hydrogen-bond donors (Lipinski definition) is 1. The quantitative estimate of drug-likeness (QED) is 0.459. The average molecular weight is 518 g/mol. The third kappa shape index (κ3) is 5.45. The molecule has 0 saturated carbocycles. The number of hydrogen-bond acceptors (Lipinski definition) is 8. The van der Waals surface area contributed by atoms with Crippen LogP contribution >= 0.6 is 11.6 Å². The molecule has 3 aromatic rings. The van der Waals surface area contributed by atoms with Gasteiger partial charge in [0.25, 0.3) is 0 Å². The molecule has 1 amide bonds. The lowest BCUT2D eigenvalue weighted by molar-refractivity contribution is -0.134. The number of benzene rings is 2. The Morgan fingerprint density at radius 2 is 2.08 bits per heavy atom. The molecule has 9 nitrogen and oxygen atoms in total. The van der Waals surface area contributed by atoms with Crippen LogP contribution in [0.1, 0.15) is 6.42 Å². The van der Waals surface area contributed by atoms with Crippen molar-refractivity contribution in [3.63, 3.8) is 0 Å². The molecule has 1 fully saturated rings. The summed E-state index contributed by atoms with van der Waals surface area (Å²) in [7, 11) is 6.84.